The van der Waals surface area contributed by atoms with Crippen LogP contribution in [0.1, 0.15) is 53.3 Å². The number of hydrogen-bond donors (Lipinski definition) is 2. The Morgan fingerprint density at radius 1 is 0.796 bits per heavy atom. The number of nitriles is 2. The highest BCUT2D eigenvalue weighted by atomic mass is 79.9. The highest BCUT2D eigenvalue weighted by molar-refractivity contribution is 9.10. The topological polar surface area (TPSA) is 132 Å². The molecule has 0 aromatic heterocycles. The fraction of sp³-hybridized carbons (Fsp3) is 0.121. The maximum atomic E-state index is 14.4. The SMILES string of the molecule is Cc1cc(C#N)ccc1C(=O)Nc1cc(C(=O)Nc2c(Cl)cc(C(OC(=O)c3ccccc3)(C(F)(F)F)C(F)(F)F)cc2Br)ccc1C#N. The summed E-state index contributed by atoms with van der Waals surface area (Å²) in [6.07, 6.45) is -12.5. The molecule has 4 rings (SSSR count). The Hall–Kier alpha value is -5.38. The molecule has 8 nitrogen and oxygen atoms in total. The Balaban J connectivity index is 1.69. The van der Waals surface area contributed by atoms with Gasteiger partial charge in [-0.15, -0.1) is 0 Å². The van der Waals surface area contributed by atoms with Crippen LogP contribution >= 0.6 is 27.5 Å². The first-order valence-corrected chi connectivity index (χ1v) is 14.7. The van der Waals surface area contributed by atoms with E-state index in [-0.39, 0.29) is 28.4 Å². The third-order valence-corrected chi connectivity index (χ3v) is 7.91. The van der Waals surface area contributed by atoms with Gasteiger partial charge in [0.05, 0.1) is 39.2 Å². The van der Waals surface area contributed by atoms with Crippen LogP contribution in [-0.2, 0) is 10.3 Å². The third kappa shape index (κ3) is 7.38. The van der Waals surface area contributed by atoms with E-state index < -0.39 is 62.0 Å². The first-order valence-electron chi connectivity index (χ1n) is 13.5. The molecular weight excluding hydrogens is 746 g/mol. The molecule has 4 aromatic rings. The van der Waals surface area contributed by atoms with E-state index in [4.69, 9.17) is 16.9 Å². The molecule has 0 bridgehead atoms. The molecule has 4 aromatic carbocycles. The maximum Gasteiger partial charge on any atom is 0.442 e. The lowest BCUT2D eigenvalue weighted by Gasteiger charge is -2.37. The number of nitrogens with zero attached hydrogens (tertiary/aromatic N) is 2. The minimum Gasteiger partial charge on any atom is -0.431 e. The van der Waals surface area contributed by atoms with E-state index in [2.05, 4.69) is 31.3 Å². The maximum absolute atomic E-state index is 14.4. The number of amides is 2. The predicted molar refractivity (Wildman–Crippen MR) is 168 cm³/mol. The van der Waals surface area contributed by atoms with E-state index in [1.165, 1.54) is 48.5 Å². The summed E-state index contributed by atoms with van der Waals surface area (Å²) in [6, 6.07) is 17.9. The second-order valence-corrected chi connectivity index (χ2v) is 11.4. The van der Waals surface area contributed by atoms with Gasteiger partial charge in [0.15, 0.2) is 0 Å². The van der Waals surface area contributed by atoms with Crippen LogP contribution in [0, 0.1) is 29.6 Å². The van der Waals surface area contributed by atoms with Crippen molar-refractivity contribution >= 4 is 56.7 Å². The number of ether oxygens (including phenoxy) is 1. The van der Waals surface area contributed by atoms with Crippen molar-refractivity contribution in [2.75, 3.05) is 10.6 Å². The average molecular weight is 764 g/mol. The first kappa shape index (κ1) is 36.5. The number of alkyl halides is 6. The van der Waals surface area contributed by atoms with Crippen LogP contribution in [0.15, 0.2) is 83.3 Å². The molecule has 0 aliphatic carbocycles. The molecule has 0 unspecified atom stereocenters. The summed E-state index contributed by atoms with van der Waals surface area (Å²) < 4.78 is 90.0. The number of halogens is 8. The zero-order valence-electron chi connectivity index (χ0n) is 24.6. The fourth-order valence-electron chi connectivity index (χ4n) is 4.58. The number of anilines is 2. The first-order chi connectivity index (χ1) is 22.9. The van der Waals surface area contributed by atoms with Gasteiger partial charge < -0.3 is 15.4 Å². The molecule has 2 N–H and O–H groups in total. The Morgan fingerprint density at radius 2 is 1.45 bits per heavy atom. The minimum absolute atomic E-state index is 0.0551. The average Bonchev–Trinajstić information content (AvgIpc) is 3.03. The van der Waals surface area contributed by atoms with Gasteiger partial charge in [-0.3, -0.25) is 9.59 Å². The van der Waals surface area contributed by atoms with Crippen molar-refractivity contribution in [3.05, 3.63) is 127 Å². The van der Waals surface area contributed by atoms with Crippen molar-refractivity contribution in [2.24, 2.45) is 0 Å². The van der Waals surface area contributed by atoms with E-state index in [0.29, 0.717) is 17.2 Å². The van der Waals surface area contributed by atoms with Gasteiger partial charge in [-0.25, -0.2) is 4.79 Å². The number of aryl methyl sites for hydroxylation is 1. The zero-order valence-corrected chi connectivity index (χ0v) is 26.9. The third-order valence-electron chi connectivity index (χ3n) is 6.99. The van der Waals surface area contributed by atoms with Gasteiger partial charge in [-0.1, -0.05) is 29.8 Å². The quantitative estimate of drug-likeness (QED) is 0.143. The lowest BCUT2D eigenvalue weighted by atomic mass is 9.91. The number of hydrogen-bond acceptors (Lipinski definition) is 6. The summed E-state index contributed by atoms with van der Waals surface area (Å²) in [4.78, 5) is 38.7. The second kappa shape index (κ2) is 14.0. The fourth-order valence-corrected chi connectivity index (χ4v) is 5.52. The van der Waals surface area contributed by atoms with Gasteiger partial charge in [0.1, 0.15) is 6.07 Å². The lowest BCUT2D eigenvalue weighted by Crippen LogP contribution is -2.57. The van der Waals surface area contributed by atoms with Crippen molar-refractivity contribution in [3.63, 3.8) is 0 Å². The molecule has 250 valence electrons. The molecule has 2 amide bonds. The second-order valence-electron chi connectivity index (χ2n) is 10.2. The van der Waals surface area contributed by atoms with E-state index in [1.807, 2.05) is 12.1 Å². The molecular formula is C33H18BrClF6N4O4. The lowest BCUT2D eigenvalue weighted by molar-refractivity contribution is -0.373. The number of rotatable bonds is 7. The molecule has 0 aliphatic rings. The Labute approximate surface area is 287 Å². The zero-order chi connectivity index (χ0) is 36.3. The van der Waals surface area contributed by atoms with Gasteiger partial charge in [0, 0.05) is 21.2 Å². The Kier molecular flexibility index (Phi) is 10.4. The number of nitrogens with one attached hydrogen (secondary N) is 2. The van der Waals surface area contributed by atoms with Crippen molar-refractivity contribution in [1.82, 2.24) is 0 Å². The molecule has 0 atom stereocenters. The molecule has 0 saturated carbocycles. The highest BCUT2D eigenvalue weighted by Gasteiger charge is 2.75. The molecule has 0 fully saturated rings. The molecule has 0 aliphatic heterocycles. The van der Waals surface area contributed by atoms with Crippen LogP contribution in [-0.4, -0.2) is 30.1 Å². The minimum atomic E-state index is -6.23. The molecule has 0 saturated heterocycles. The number of carbonyl (C=O) groups is 3. The van der Waals surface area contributed by atoms with Crippen LogP contribution in [0.5, 0.6) is 0 Å². The normalized spacial score (nSPS) is 11.6. The van der Waals surface area contributed by atoms with E-state index >= 15 is 0 Å². The van der Waals surface area contributed by atoms with Gasteiger partial charge in [0.25, 0.3) is 11.8 Å². The Bertz CT molecular complexity index is 2020. The van der Waals surface area contributed by atoms with E-state index in [9.17, 15) is 46.0 Å². The van der Waals surface area contributed by atoms with Crippen molar-refractivity contribution in [3.8, 4) is 12.1 Å². The smallest absolute Gasteiger partial charge is 0.431 e. The summed E-state index contributed by atoms with van der Waals surface area (Å²) in [5, 5.41) is 22.6. The van der Waals surface area contributed by atoms with Gasteiger partial charge in [0.2, 0.25) is 0 Å². The number of esters is 1. The Morgan fingerprint density at radius 3 is 2.00 bits per heavy atom. The summed E-state index contributed by atoms with van der Waals surface area (Å²) >= 11 is 8.99. The standard InChI is InChI=1S/C33H18BrClF6N4O4/c1-17-11-18(15-42)7-10-23(17)29(47)44-26-12-20(8-9-21(26)16-43)28(46)45-27-24(34)13-22(14-25(27)35)31(32(36,37)38,33(39,40)41)49-30(48)19-5-3-2-4-6-19/h2-14H,1H3,(H,44,47)(H,45,46). The molecule has 0 radical (unpaired) electrons. The highest BCUT2D eigenvalue weighted by Crippen LogP contribution is 2.54. The van der Waals surface area contributed by atoms with Crippen LogP contribution in [0.4, 0.5) is 37.7 Å². The van der Waals surface area contributed by atoms with Gasteiger partial charge in [-0.05, 0) is 89.1 Å². The molecule has 16 heteroatoms. The molecule has 0 heterocycles. The van der Waals surface area contributed by atoms with E-state index in [0.717, 1.165) is 18.2 Å². The monoisotopic (exact) mass is 762 g/mol. The van der Waals surface area contributed by atoms with Crippen LogP contribution in [0.2, 0.25) is 5.02 Å². The van der Waals surface area contributed by atoms with Gasteiger partial charge >= 0.3 is 23.9 Å². The number of benzene rings is 4. The summed E-state index contributed by atoms with van der Waals surface area (Å²) in [5.41, 5.74) is -7.27. The summed E-state index contributed by atoms with van der Waals surface area (Å²) in [6.45, 7) is 1.58. The van der Waals surface area contributed by atoms with Crippen LogP contribution < -0.4 is 10.6 Å². The van der Waals surface area contributed by atoms with Gasteiger partial charge in [-0.2, -0.15) is 36.9 Å². The summed E-state index contributed by atoms with van der Waals surface area (Å²) in [5.74, 6) is -3.58. The molecule has 49 heavy (non-hydrogen) atoms. The largest absolute Gasteiger partial charge is 0.442 e. The summed E-state index contributed by atoms with van der Waals surface area (Å²) in [7, 11) is 0. The van der Waals surface area contributed by atoms with Crippen molar-refractivity contribution < 1.29 is 45.5 Å². The van der Waals surface area contributed by atoms with Crippen LogP contribution in [0.25, 0.3) is 0 Å². The van der Waals surface area contributed by atoms with Crippen molar-refractivity contribution in [1.29, 1.82) is 10.5 Å². The van der Waals surface area contributed by atoms with E-state index in [1.54, 1.807) is 6.92 Å². The number of carbonyl (C=O) groups excluding carboxylic acids is 3. The molecule has 0 spiro atoms. The predicted octanol–water partition coefficient (Wildman–Crippen LogP) is 8.84. The van der Waals surface area contributed by atoms with Crippen molar-refractivity contribution in [2.45, 2.75) is 24.9 Å². The van der Waals surface area contributed by atoms with Crippen LogP contribution in [0.3, 0.4) is 0 Å².